The molecule has 0 fully saturated rings. The molecule has 0 aliphatic rings. The van der Waals surface area contributed by atoms with Crippen LogP contribution in [0.15, 0.2) is 66.1 Å². The molecule has 0 atom stereocenters. The third kappa shape index (κ3) is 4.52. The van der Waals surface area contributed by atoms with Gasteiger partial charge in [-0.1, -0.05) is 11.8 Å². The highest BCUT2D eigenvalue weighted by Crippen LogP contribution is 2.21. The van der Waals surface area contributed by atoms with Crippen molar-refractivity contribution in [3.8, 4) is 17.0 Å². The number of nitrogens with zero attached hydrogens (tertiary/aromatic N) is 5. The van der Waals surface area contributed by atoms with Gasteiger partial charge in [0.15, 0.2) is 5.65 Å². The lowest BCUT2D eigenvalue weighted by Crippen LogP contribution is -2.14. The lowest BCUT2D eigenvalue weighted by Gasteiger charge is -2.07. The largest absolute Gasteiger partial charge is 0.494 e. The highest BCUT2D eigenvalue weighted by atomic mass is 32.2. The third-order valence-electron chi connectivity index (χ3n) is 3.97. The molecule has 0 aliphatic carbocycles. The van der Waals surface area contributed by atoms with E-state index in [9.17, 15) is 4.79 Å². The van der Waals surface area contributed by atoms with E-state index in [1.165, 1.54) is 11.8 Å². The second-order valence-electron chi connectivity index (χ2n) is 6.01. The monoisotopic (exact) mass is 406 g/mol. The van der Waals surface area contributed by atoms with Crippen LogP contribution in [0.4, 0.5) is 5.69 Å². The Bertz CT molecular complexity index is 1110. The van der Waals surface area contributed by atoms with Crippen molar-refractivity contribution in [1.29, 1.82) is 0 Å². The van der Waals surface area contributed by atoms with E-state index >= 15 is 0 Å². The van der Waals surface area contributed by atoms with Gasteiger partial charge in [-0.05, 0) is 55.5 Å². The zero-order chi connectivity index (χ0) is 20.1. The normalized spacial score (nSPS) is 10.8. The maximum Gasteiger partial charge on any atom is 0.234 e. The second-order valence-corrected chi connectivity index (χ2v) is 6.95. The lowest BCUT2D eigenvalue weighted by atomic mass is 10.2. The molecule has 0 saturated heterocycles. The summed E-state index contributed by atoms with van der Waals surface area (Å²) in [7, 11) is 0. The van der Waals surface area contributed by atoms with Gasteiger partial charge in [-0.2, -0.15) is 9.61 Å². The number of aromatic nitrogens is 5. The summed E-state index contributed by atoms with van der Waals surface area (Å²) in [5.74, 6) is 0.817. The Kier molecular flexibility index (Phi) is 5.66. The number of benzene rings is 1. The van der Waals surface area contributed by atoms with Crippen molar-refractivity contribution in [1.82, 2.24) is 24.8 Å². The smallest absolute Gasteiger partial charge is 0.234 e. The van der Waals surface area contributed by atoms with Gasteiger partial charge >= 0.3 is 0 Å². The SMILES string of the molecule is CCOc1ccc(NC(=O)CSc2nnc3ccc(-c4cccnc4)nn23)cc1. The van der Waals surface area contributed by atoms with Gasteiger partial charge in [-0.15, -0.1) is 10.2 Å². The molecule has 0 aliphatic heterocycles. The Morgan fingerprint density at radius 1 is 1.14 bits per heavy atom. The van der Waals surface area contributed by atoms with Crippen LogP contribution in [0.25, 0.3) is 16.9 Å². The number of hydrogen-bond donors (Lipinski definition) is 1. The number of amides is 1. The van der Waals surface area contributed by atoms with E-state index in [1.54, 1.807) is 16.9 Å². The van der Waals surface area contributed by atoms with Crippen LogP contribution in [0.3, 0.4) is 0 Å². The summed E-state index contributed by atoms with van der Waals surface area (Å²) >= 11 is 1.27. The van der Waals surface area contributed by atoms with Crippen LogP contribution in [0.5, 0.6) is 5.75 Å². The summed E-state index contributed by atoms with van der Waals surface area (Å²) in [6, 6.07) is 14.8. The second kappa shape index (κ2) is 8.70. The van der Waals surface area contributed by atoms with Crippen LogP contribution in [-0.2, 0) is 4.79 Å². The van der Waals surface area contributed by atoms with Gasteiger partial charge in [0, 0.05) is 23.6 Å². The minimum atomic E-state index is -0.140. The Morgan fingerprint density at radius 3 is 2.76 bits per heavy atom. The summed E-state index contributed by atoms with van der Waals surface area (Å²) in [5.41, 5.74) is 2.98. The van der Waals surface area contributed by atoms with Crippen molar-refractivity contribution in [3.63, 3.8) is 0 Å². The molecule has 3 heterocycles. The maximum absolute atomic E-state index is 12.3. The van der Waals surface area contributed by atoms with Gasteiger partial charge in [0.1, 0.15) is 5.75 Å². The number of carbonyl (C=O) groups excluding carboxylic acids is 1. The number of rotatable bonds is 7. The van der Waals surface area contributed by atoms with E-state index in [4.69, 9.17) is 4.74 Å². The molecule has 0 unspecified atom stereocenters. The molecule has 1 amide bonds. The zero-order valence-electron chi connectivity index (χ0n) is 15.6. The van der Waals surface area contributed by atoms with Gasteiger partial charge in [-0.3, -0.25) is 9.78 Å². The molecule has 29 heavy (non-hydrogen) atoms. The highest BCUT2D eigenvalue weighted by Gasteiger charge is 2.12. The number of ether oxygens (including phenoxy) is 1. The standard InChI is InChI=1S/C20H18N6O2S/c1-2-28-16-7-5-15(6-8-16)22-19(27)13-29-20-24-23-18-10-9-17(25-26(18)20)14-4-3-11-21-12-14/h3-12H,2,13H2,1H3,(H,22,27). The first-order valence-corrected chi connectivity index (χ1v) is 10.00. The molecule has 4 rings (SSSR count). The Morgan fingerprint density at radius 2 is 2.00 bits per heavy atom. The van der Waals surface area contributed by atoms with Crippen LogP contribution in [0, 0.1) is 0 Å². The molecule has 0 radical (unpaired) electrons. The molecule has 9 heteroatoms. The van der Waals surface area contributed by atoms with Crippen molar-refractivity contribution < 1.29 is 9.53 Å². The topological polar surface area (TPSA) is 94.3 Å². The number of thioether (sulfide) groups is 1. The fourth-order valence-electron chi connectivity index (χ4n) is 2.66. The molecule has 1 aromatic carbocycles. The molecular weight excluding hydrogens is 388 g/mol. The molecule has 0 saturated carbocycles. The quantitative estimate of drug-likeness (QED) is 0.471. The number of carbonyl (C=O) groups is 1. The molecule has 0 spiro atoms. The van der Waals surface area contributed by atoms with Crippen molar-refractivity contribution in [2.24, 2.45) is 0 Å². The Balaban J connectivity index is 1.43. The van der Waals surface area contributed by atoms with E-state index in [-0.39, 0.29) is 11.7 Å². The first kappa shape index (κ1) is 18.9. The molecule has 0 bridgehead atoms. The van der Waals surface area contributed by atoms with Gasteiger partial charge in [0.25, 0.3) is 0 Å². The minimum Gasteiger partial charge on any atom is -0.494 e. The fourth-order valence-corrected chi connectivity index (χ4v) is 3.34. The van der Waals surface area contributed by atoms with E-state index in [0.29, 0.717) is 23.1 Å². The van der Waals surface area contributed by atoms with E-state index in [1.807, 2.05) is 55.5 Å². The number of pyridine rings is 1. The third-order valence-corrected chi connectivity index (χ3v) is 4.89. The van der Waals surface area contributed by atoms with Gasteiger partial charge in [-0.25, -0.2) is 0 Å². The predicted octanol–water partition coefficient (Wildman–Crippen LogP) is 3.32. The molecule has 1 N–H and O–H groups in total. The van der Waals surface area contributed by atoms with Crippen LogP contribution < -0.4 is 10.1 Å². The zero-order valence-corrected chi connectivity index (χ0v) is 16.5. The average molecular weight is 406 g/mol. The van der Waals surface area contributed by atoms with Gasteiger partial charge in [0.2, 0.25) is 11.1 Å². The van der Waals surface area contributed by atoms with Crippen LogP contribution in [0.1, 0.15) is 6.92 Å². The number of anilines is 1. The lowest BCUT2D eigenvalue weighted by molar-refractivity contribution is -0.113. The molecule has 3 aromatic heterocycles. The molecular formula is C20H18N6O2S. The summed E-state index contributed by atoms with van der Waals surface area (Å²) in [4.78, 5) is 16.4. The molecule has 4 aromatic rings. The number of fused-ring (bicyclic) bond motifs is 1. The van der Waals surface area contributed by atoms with Crippen molar-refractivity contribution in [2.75, 3.05) is 17.7 Å². The van der Waals surface area contributed by atoms with Crippen molar-refractivity contribution >= 4 is 29.0 Å². The van der Waals surface area contributed by atoms with Crippen LogP contribution >= 0.6 is 11.8 Å². The van der Waals surface area contributed by atoms with E-state index < -0.39 is 0 Å². The van der Waals surface area contributed by atoms with Gasteiger partial charge in [0.05, 0.1) is 18.1 Å². The number of hydrogen-bond acceptors (Lipinski definition) is 7. The highest BCUT2D eigenvalue weighted by molar-refractivity contribution is 7.99. The Hall–Kier alpha value is -3.46. The fraction of sp³-hybridized carbons (Fsp3) is 0.150. The first-order chi connectivity index (χ1) is 14.2. The van der Waals surface area contributed by atoms with Crippen molar-refractivity contribution in [3.05, 3.63) is 60.9 Å². The number of nitrogens with one attached hydrogen (secondary N) is 1. The predicted molar refractivity (Wildman–Crippen MR) is 111 cm³/mol. The average Bonchev–Trinajstić information content (AvgIpc) is 3.17. The van der Waals surface area contributed by atoms with Crippen molar-refractivity contribution in [2.45, 2.75) is 12.1 Å². The summed E-state index contributed by atoms with van der Waals surface area (Å²) in [6.45, 7) is 2.53. The summed E-state index contributed by atoms with van der Waals surface area (Å²) in [5, 5.41) is 16.2. The minimum absolute atomic E-state index is 0.140. The maximum atomic E-state index is 12.3. The van der Waals surface area contributed by atoms with Gasteiger partial charge < -0.3 is 10.1 Å². The summed E-state index contributed by atoms with van der Waals surface area (Å²) < 4.78 is 7.04. The van der Waals surface area contributed by atoms with E-state index in [0.717, 1.165) is 17.0 Å². The molecule has 8 nitrogen and oxygen atoms in total. The molecule has 146 valence electrons. The Labute approximate surface area is 171 Å². The van der Waals surface area contributed by atoms with Crippen LogP contribution in [-0.4, -0.2) is 43.1 Å². The first-order valence-electron chi connectivity index (χ1n) is 9.01. The summed E-state index contributed by atoms with van der Waals surface area (Å²) in [6.07, 6.45) is 3.46. The van der Waals surface area contributed by atoms with E-state index in [2.05, 4.69) is 25.6 Å². The van der Waals surface area contributed by atoms with Crippen LogP contribution in [0.2, 0.25) is 0 Å².